The highest BCUT2D eigenvalue weighted by atomic mass is 35.5. The van der Waals surface area contributed by atoms with Crippen molar-refractivity contribution in [1.29, 1.82) is 0 Å². The van der Waals surface area contributed by atoms with Crippen molar-refractivity contribution >= 4 is 44.8 Å². The van der Waals surface area contributed by atoms with E-state index in [4.69, 9.17) is 23.2 Å². The summed E-state index contributed by atoms with van der Waals surface area (Å²) in [7, 11) is -3.56. The summed E-state index contributed by atoms with van der Waals surface area (Å²) in [5.74, 6) is -0.0858. The van der Waals surface area contributed by atoms with E-state index < -0.39 is 10.0 Å². The lowest BCUT2D eigenvalue weighted by Crippen LogP contribution is -2.34. The number of benzene rings is 2. The fraction of sp³-hybridized carbons (Fsp3) is 0.381. The molecule has 1 aliphatic rings. The number of fused-ring (bicyclic) bond motifs is 1. The van der Waals surface area contributed by atoms with Crippen LogP contribution in [0.4, 0.5) is 5.69 Å². The maximum absolute atomic E-state index is 12.5. The van der Waals surface area contributed by atoms with Gasteiger partial charge < -0.3 is 5.32 Å². The van der Waals surface area contributed by atoms with Crippen molar-refractivity contribution in [3.05, 3.63) is 63.6 Å². The van der Waals surface area contributed by atoms with Crippen molar-refractivity contribution in [2.75, 3.05) is 17.1 Å². The van der Waals surface area contributed by atoms with Crippen LogP contribution in [-0.2, 0) is 21.2 Å². The molecule has 8 heteroatoms. The molecule has 0 unspecified atom stereocenters. The Balaban J connectivity index is 1.62. The van der Waals surface area contributed by atoms with Gasteiger partial charge in [-0.2, -0.15) is 0 Å². The lowest BCUT2D eigenvalue weighted by atomic mass is 9.87. The van der Waals surface area contributed by atoms with E-state index in [1.165, 1.54) is 21.5 Å². The van der Waals surface area contributed by atoms with Gasteiger partial charge in [0, 0.05) is 18.0 Å². The van der Waals surface area contributed by atoms with Crippen LogP contribution in [0.5, 0.6) is 0 Å². The monoisotopic (exact) mass is 454 g/mol. The van der Waals surface area contributed by atoms with E-state index in [1.807, 2.05) is 12.1 Å². The lowest BCUT2D eigenvalue weighted by Gasteiger charge is -2.27. The van der Waals surface area contributed by atoms with Gasteiger partial charge in [-0.3, -0.25) is 9.10 Å². The molecule has 1 atom stereocenters. The SMILES string of the molecule is CS(=O)(=O)N(CCCC(=O)N[C@H]1CCCc2ccccc21)c1cc(Cl)ccc1Cl. The lowest BCUT2D eigenvalue weighted by molar-refractivity contribution is -0.122. The minimum atomic E-state index is -3.56. The van der Waals surface area contributed by atoms with Gasteiger partial charge in [-0.25, -0.2) is 8.42 Å². The Bertz CT molecular complexity index is 995. The van der Waals surface area contributed by atoms with E-state index in [0.29, 0.717) is 22.2 Å². The van der Waals surface area contributed by atoms with E-state index in [0.717, 1.165) is 25.5 Å². The van der Waals surface area contributed by atoms with Crippen molar-refractivity contribution in [2.24, 2.45) is 0 Å². The van der Waals surface area contributed by atoms with Crippen molar-refractivity contribution < 1.29 is 13.2 Å². The summed E-state index contributed by atoms with van der Waals surface area (Å²) in [4.78, 5) is 12.5. The van der Waals surface area contributed by atoms with Gasteiger partial charge >= 0.3 is 0 Å². The molecule has 5 nitrogen and oxygen atoms in total. The summed E-state index contributed by atoms with van der Waals surface area (Å²) in [5, 5.41) is 3.78. The predicted molar refractivity (Wildman–Crippen MR) is 118 cm³/mol. The standard InChI is InChI=1S/C21H24Cl2N2O3S/c1-29(27,28)25(20-14-16(22)11-12-18(20)23)13-5-10-21(26)24-19-9-4-7-15-6-2-3-8-17(15)19/h2-3,6,8,11-12,14,19H,4-5,7,9-10,13H2,1H3,(H,24,26)/t19-/m0/s1. The number of hydrogen-bond donors (Lipinski definition) is 1. The van der Waals surface area contributed by atoms with Gasteiger partial charge in [0.05, 0.1) is 23.0 Å². The molecule has 156 valence electrons. The number of amides is 1. The van der Waals surface area contributed by atoms with Crippen molar-refractivity contribution in [3.63, 3.8) is 0 Å². The van der Waals surface area contributed by atoms with Gasteiger partial charge in [0.25, 0.3) is 0 Å². The highest BCUT2D eigenvalue weighted by molar-refractivity contribution is 7.92. The number of nitrogens with zero attached hydrogens (tertiary/aromatic N) is 1. The summed E-state index contributed by atoms with van der Waals surface area (Å²) in [6, 6.07) is 12.9. The number of nitrogens with one attached hydrogen (secondary N) is 1. The van der Waals surface area contributed by atoms with Gasteiger partial charge in [-0.1, -0.05) is 47.5 Å². The van der Waals surface area contributed by atoms with Gasteiger partial charge in [0.2, 0.25) is 15.9 Å². The first-order valence-electron chi connectivity index (χ1n) is 9.55. The Morgan fingerprint density at radius 3 is 2.72 bits per heavy atom. The zero-order valence-electron chi connectivity index (χ0n) is 16.2. The number of anilines is 1. The maximum atomic E-state index is 12.5. The molecule has 29 heavy (non-hydrogen) atoms. The fourth-order valence-corrected chi connectivity index (χ4v) is 5.10. The number of rotatable bonds is 7. The maximum Gasteiger partial charge on any atom is 0.232 e. The highest BCUT2D eigenvalue weighted by Gasteiger charge is 2.23. The molecule has 0 heterocycles. The Kier molecular flexibility index (Phi) is 7.09. The van der Waals surface area contributed by atoms with E-state index in [1.54, 1.807) is 12.1 Å². The second-order valence-electron chi connectivity index (χ2n) is 7.25. The zero-order chi connectivity index (χ0) is 21.0. The third-order valence-corrected chi connectivity index (χ3v) is 6.78. The van der Waals surface area contributed by atoms with Crippen LogP contribution in [0.1, 0.15) is 42.9 Å². The Morgan fingerprint density at radius 1 is 1.21 bits per heavy atom. The molecule has 0 spiro atoms. The molecule has 0 saturated carbocycles. The third kappa shape index (κ3) is 5.65. The second kappa shape index (κ2) is 9.37. The Labute approximate surface area is 182 Å². The Morgan fingerprint density at radius 2 is 1.97 bits per heavy atom. The molecule has 0 saturated heterocycles. The molecule has 2 aromatic rings. The molecule has 1 aliphatic carbocycles. The molecular weight excluding hydrogens is 431 g/mol. The average Bonchev–Trinajstić information content (AvgIpc) is 2.67. The first-order valence-corrected chi connectivity index (χ1v) is 12.2. The van der Waals surface area contributed by atoms with Crippen LogP contribution >= 0.6 is 23.2 Å². The number of sulfonamides is 1. The molecule has 2 aromatic carbocycles. The molecule has 1 N–H and O–H groups in total. The summed E-state index contributed by atoms with van der Waals surface area (Å²) < 4.78 is 25.7. The van der Waals surface area contributed by atoms with E-state index in [9.17, 15) is 13.2 Å². The van der Waals surface area contributed by atoms with E-state index in [2.05, 4.69) is 17.4 Å². The van der Waals surface area contributed by atoms with Crippen LogP contribution in [0.15, 0.2) is 42.5 Å². The minimum Gasteiger partial charge on any atom is -0.349 e. The smallest absolute Gasteiger partial charge is 0.232 e. The van der Waals surface area contributed by atoms with Crippen LogP contribution in [0.25, 0.3) is 0 Å². The average molecular weight is 455 g/mol. The first kappa shape index (κ1) is 21.9. The van der Waals surface area contributed by atoms with Gasteiger partial charge in [-0.05, 0) is 55.0 Å². The number of carbonyl (C=O) groups is 1. The van der Waals surface area contributed by atoms with Gasteiger partial charge in [0.15, 0.2) is 0 Å². The third-order valence-electron chi connectivity index (χ3n) is 5.05. The molecule has 0 radical (unpaired) electrons. The van der Waals surface area contributed by atoms with Crippen molar-refractivity contribution in [3.8, 4) is 0 Å². The number of carbonyl (C=O) groups excluding carboxylic acids is 1. The number of hydrogen-bond acceptors (Lipinski definition) is 3. The van der Waals surface area contributed by atoms with Crippen LogP contribution in [-0.4, -0.2) is 27.1 Å². The highest BCUT2D eigenvalue weighted by Crippen LogP contribution is 2.31. The number of aryl methyl sites for hydroxylation is 1. The Hall–Kier alpha value is -1.76. The second-order valence-corrected chi connectivity index (χ2v) is 10.00. The van der Waals surface area contributed by atoms with E-state index >= 15 is 0 Å². The topological polar surface area (TPSA) is 66.5 Å². The fourth-order valence-electron chi connectivity index (χ4n) is 3.70. The molecule has 0 aliphatic heterocycles. The normalized spacial score (nSPS) is 16.2. The largest absolute Gasteiger partial charge is 0.349 e. The predicted octanol–water partition coefficient (Wildman–Crippen LogP) is 4.73. The van der Waals surface area contributed by atoms with Gasteiger partial charge in [-0.15, -0.1) is 0 Å². The zero-order valence-corrected chi connectivity index (χ0v) is 18.5. The molecule has 0 fully saturated rings. The van der Waals surface area contributed by atoms with E-state index in [-0.39, 0.29) is 24.9 Å². The molecule has 3 rings (SSSR count). The van der Waals surface area contributed by atoms with Crippen LogP contribution < -0.4 is 9.62 Å². The summed E-state index contributed by atoms with van der Waals surface area (Å²) in [6.45, 7) is 0.146. The van der Waals surface area contributed by atoms with Crippen molar-refractivity contribution in [2.45, 2.75) is 38.1 Å². The first-order chi connectivity index (χ1) is 13.8. The molecule has 0 aromatic heterocycles. The summed E-state index contributed by atoms with van der Waals surface area (Å²) >= 11 is 12.2. The molecule has 0 bridgehead atoms. The summed E-state index contributed by atoms with van der Waals surface area (Å²) in [6.07, 6.45) is 4.70. The van der Waals surface area contributed by atoms with Crippen LogP contribution in [0.3, 0.4) is 0 Å². The number of halogens is 2. The van der Waals surface area contributed by atoms with Crippen LogP contribution in [0, 0.1) is 0 Å². The van der Waals surface area contributed by atoms with Gasteiger partial charge in [0.1, 0.15) is 0 Å². The summed E-state index contributed by atoms with van der Waals surface area (Å²) in [5.41, 5.74) is 2.78. The molecular formula is C21H24Cl2N2O3S. The minimum absolute atomic E-state index is 0.0147. The quantitative estimate of drug-likeness (QED) is 0.656. The van der Waals surface area contributed by atoms with Crippen LogP contribution in [0.2, 0.25) is 10.0 Å². The van der Waals surface area contributed by atoms with Crippen molar-refractivity contribution in [1.82, 2.24) is 5.32 Å². The molecule has 1 amide bonds.